The molecule has 0 aromatic carbocycles. The second-order valence-corrected chi connectivity index (χ2v) is 4.40. The van der Waals surface area contributed by atoms with Crippen LogP contribution in [0.15, 0.2) is 23.0 Å². The number of carbonyl (C=O) groups excluding carboxylic acids is 1. The second-order valence-electron chi connectivity index (χ2n) is 4.40. The van der Waals surface area contributed by atoms with Crippen LogP contribution in [0.2, 0.25) is 0 Å². The van der Waals surface area contributed by atoms with E-state index in [1.54, 1.807) is 0 Å². The highest BCUT2D eigenvalue weighted by Crippen LogP contribution is 2.16. The van der Waals surface area contributed by atoms with Crippen LogP contribution in [0, 0.1) is 5.82 Å². The molecule has 128 valence electrons. The van der Waals surface area contributed by atoms with E-state index in [1.165, 1.54) is 12.3 Å². The molecular formula is C13H14FN5O5. The number of ether oxygens (including phenoxy) is 1. The van der Waals surface area contributed by atoms with Gasteiger partial charge in [-0.2, -0.15) is 4.98 Å². The van der Waals surface area contributed by atoms with E-state index >= 15 is 0 Å². The molecule has 2 aromatic rings. The van der Waals surface area contributed by atoms with E-state index in [2.05, 4.69) is 20.4 Å². The normalized spacial score (nSPS) is 13.6. The second kappa shape index (κ2) is 8.53. The molecule has 1 saturated heterocycles. The van der Waals surface area contributed by atoms with Crippen molar-refractivity contribution in [3.05, 3.63) is 30.0 Å². The van der Waals surface area contributed by atoms with Gasteiger partial charge in [0, 0.05) is 19.2 Å². The van der Waals surface area contributed by atoms with Crippen molar-refractivity contribution < 1.29 is 28.3 Å². The number of hydrogen-bond acceptors (Lipinski definition) is 8. The molecule has 2 aromatic heterocycles. The van der Waals surface area contributed by atoms with Gasteiger partial charge >= 0.3 is 0 Å². The summed E-state index contributed by atoms with van der Waals surface area (Å²) in [5.74, 6) is -1.24. The summed E-state index contributed by atoms with van der Waals surface area (Å²) >= 11 is 0. The van der Waals surface area contributed by atoms with Gasteiger partial charge in [-0.1, -0.05) is 5.16 Å². The Hall–Kier alpha value is -3.08. The van der Waals surface area contributed by atoms with Crippen molar-refractivity contribution in [3.8, 4) is 0 Å². The van der Waals surface area contributed by atoms with Crippen LogP contribution in [0.3, 0.4) is 0 Å². The number of morpholine rings is 1. The minimum Gasteiger partial charge on any atom is -0.483 e. The van der Waals surface area contributed by atoms with Crippen molar-refractivity contribution in [3.63, 3.8) is 0 Å². The van der Waals surface area contributed by atoms with E-state index in [9.17, 15) is 9.18 Å². The molecule has 3 heterocycles. The number of halogens is 1. The van der Waals surface area contributed by atoms with Crippen LogP contribution < -0.4 is 10.2 Å². The molecule has 10 nitrogen and oxygen atoms in total. The fourth-order valence-corrected chi connectivity index (χ4v) is 1.86. The smallest absolute Gasteiger partial charge is 0.295 e. The van der Waals surface area contributed by atoms with Gasteiger partial charge in [-0.05, 0) is 0 Å². The molecule has 0 saturated carbocycles. The average Bonchev–Trinajstić information content (AvgIpc) is 3.13. The molecule has 11 heteroatoms. The summed E-state index contributed by atoms with van der Waals surface area (Å²) in [6.07, 6.45) is 2.35. The number of aromatic nitrogens is 3. The molecular weight excluding hydrogens is 325 g/mol. The van der Waals surface area contributed by atoms with Gasteiger partial charge < -0.3 is 24.6 Å². The quantitative estimate of drug-likeness (QED) is 0.762. The zero-order valence-corrected chi connectivity index (χ0v) is 12.4. The lowest BCUT2D eigenvalue weighted by atomic mass is 10.4. The zero-order chi connectivity index (χ0) is 17.4. The van der Waals surface area contributed by atoms with Crippen molar-refractivity contribution >= 4 is 24.1 Å². The predicted octanol–water partition coefficient (Wildman–Crippen LogP) is 0.393. The molecule has 0 radical (unpaired) electrons. The first-order valence-electron chi connectivity index (χ1n) is 6.81. The summed E-state index contributed by atoms with van der Waals surface area (Å²) in [6, 6.07) is 1.37. The lowest BCUT2D eigenvalue weighted by Gasteiger charge is -2.26. The molecule has 2 N–H and O–H groups in total. The molecule has 0 bridgehead atoms. The van der Waals surface area contributed by atoms with Crippen molar-refractivity contribution in [2.45, 2.75) is 0 Å². The number of hydrogen-bond donors (Lipinski definition) is 2. The molecule has 1 amide bonds. The maximum atomic E-state index is 13.7. The topological polar surface area (TPSA) is 131 Å². The first-order chi connectivity index (χ1) is 11.7. The van der Waals surface area contributed by atoms with Crippen LogP contribution in [-0.4, -0.2) is 58.9 Å². The standard InChI is InChI=1S/C12H12FN5O3.CH2O2/c13-8-7-14-12(18-3-5-20-6-4-18)17-10(8)16-11(19)9-1-2-15-21-9;2-1-3/h1-2,7H,3-6H2,(H,14,16,17,19);1H,(H,2,3). The van der Waals surface area contributed by atoms with Gasteiger partial charge in [0.25, 0.3) is 12.4 Å². The van der Waals surface area contributed by atoms with E-state index in [0.29, 0.717) is 32.3 Å². The summed E-state index contributed by atoms with van der Waals surface area (Å²) in [7, 11) is 0. The largest absolute Gasteiger partial charge is 0.483 e. The van der Waals surface area contributed by atoms with E-state index in [4.69, 9.17) is 19.2 Å². The third-order valence-electron chi connectivity index (χ3n) is 2.92. The molecule has 3 rings (SSSR count). The van der Waals surface area contributed by atoms with Crippen LogP contribution in [-0.2, 0) is 9.53 Å². The number of carbonyl (C=O) groups is 2. The van der Waals surface area contributed by atoms with Gasteiger partial charge in [0.1, 0.15) is 0 Å². The molecule has 0 aliphatic carbocycles. The molecule has 0 spiro atoms. The Kier molecular flexibility index (Phi) is 6.14. The monoisotopic (exact) mass is 339 g/mol. The number of anilines is 2. The molecule has 1 aliphatic heterocycles. The van der Waals surface area contributed by atoms with Gasteiger partial charge in [-0.3, -0.25) is 9.59 Å². The first kappa shape index (κ1) is 17.3. The van der Waals surface area contributed by atoms with Crippen molar-refractivity contribution in [1.29, 1.82) is 0 Å². The van der Waals surface area contributed by atoms with Crippen molar-refractivity contribution in [1.82, 2.24) is 15.1 Å². The molecule has 1 aliphatic rings. The Balaban J connectivity index is 0.000000647. The Morgan fingerprint density at radius 1 is 1.42 bits per heavy atom. The zero-order valence-electron chi connectivity index (χ0n) is 12.4. The van der Waals surface area contributed by atoms with Gasteiger partial charge in [0.2, 0.25) is 11.7 Å². The highest BCUT2D eigenvalue weighted by molar-refractivity contribution is 6.01. The van der Waals surface area contributed by atoms with E-state index in [1.807, 2.05) is 4.90 Å². The number of nitrogens with zero attached hydrogens (tertiary/aromatic N) is 4. The summed E-state index contributed by atoms with van der Waals surface area (Å²) in [4.78, 5) is 30.0. The Morgan fingerprint density at radius 3 is 2.75 bits per heavy atom. The van der Waals surface area contributed by atoms with Crippen molar-refractivity contribution in [2.24, 2.45) is 0 Å². The van der Waals surface area contributed by atoms with Crippen LogP contribution in [0.1, 0.15) is 10.6 Å². The Labute approximate surface area is 135 Å². The van der Waals surface area contributed by atoms with Gasteiger partial charge in [-0.15, -0.1) is 0 Å². The Bertz CT molecular complexity index is 675. The van der Waals surface area contributed by atoms with Crippen molar-refractivity contribution in [2.75, 3.05) is 36.5 Å². The van der Waals surface area contributed by atoms with Crippen LogP contribution in [0.5, 0.6) is 0 Å². The molecule has 0 unspecified atom stereocenters. The average molecular weight is 339 g/mol. The molecule has 1 fully saturated rings. The number of amides is 1. The minimum atomic E-state index is -0.722. The fourth-order valence-electron chi connectivity index (χ4n) is 1.86. The van der Waals surface area contributed by atoms with Gasteiger partial charge in [-0.25, -0.2) is 9.37 Å². The SMILES string of the molecule is O=C(Nc1nc(N2CCOCC2)ncc1F)c1ccno1.O=CO. The summed E-state index contributed by atoms with van der Waals surface area (Å²) in [5, 5.41) is 12.6. The Morgan fingerprint density at radius 2 is 2.12 bits per heavy atom. The maximum Gasteiger partial charge on any atom is 0.295 e. The summed E-state index contributed by atoms with van der Waals surface area (Å²) in [6.45, 7) is 2.09. The number of rotatable bonds is 3. The van der Waals surface area contributed by atoms with Crippen LogP contribution in [0.4, 0.5) is 16.2 Å². The third-order valence-corrected chi connectivity index (χ3v) is 2.92. The lowest BCUT2D eigenvalue weighted by Crippen LogP contribution is -2.37. The van der Waals surface area contributed by atoms with Crippen LogP contribution in [0.25, 0.3) is 0 Å². The van der Waals surface area contributed by atoms with E-state index < -0.39 is 11.7 Å². The minimum absolute atomic E-state index is 0.0269. The highest BCUT2D eigenvalue weighted by atomic mass is 19.1. The van der Waals surface area contributed by atoms with E-state index in [-0.39, 0.29) is 18.1 Å². The predicted molar refractivity (Wildman–Crippen MR) is 78.2 cm³/mol. The number of nitrogens with one attached hydrogen (secondary N) is 1. The summed E-state index contributed by atoms with van der Waals surface area (Å²) in [5.41, 5.74) is 0. The lowest BCUT2D eigenvalue weighted by molar-refractivity contribution is -0.122. The van der Waals surface area contributed by atoms with Crippen LogP contribution >= 0.6 is 0 Å². The highest BCUT2D eigenvalue weighted by Gasteiger charge is 2.18. The third kappa shape index (κ3) is 4.46. The first-order valence-corrected chi connectivity index (χ1v) is 6.81. The molecule has 24 heavy (non-hydrogen) atoms. The van der Waals surface area contributed by atoms with Gasteiger partial charge in [0.05, 0.1) is 25.6 Å². The van der Waals surface area contributed by atoms with E-state index in [0.717, 1.165) is 6.20 Å². The van der Waals surface area contributed by atoms with Gasteiger partial charge in [0.15, 0.2) is 11.6 Å². The number of carboxylic acid groups (broad SMARTS) is 1. The fraction of sp³-hybridized carbons (Fsp3) is 0.308. The molecule has 0 atom stereocenters. The maximum absolute atomic E-state index is 13.7. The summed E-state index contributed by atoms with van der Waals surface area (Å²) < 4.78 is 23.6.